The number of likely N-dealkylation sites (tertiary alicyclic amines) is 1. The normalized spacial score (nSPS) is 18.0. The Balaban J connectivity index is 1.32. The summed E-state index contributed by atoms with van der Waals surface area (Å²) < 4.78 is 7.34. The second kappa shape index (κ2) is 6.72. The van der Waals surface area contributed by atoms with E-state index in [9.17, 15) is 4.79 Å². The molecule has 4 rings (SSSR count). The zero-order valence-corrected chi connectivity index (χ0v) is 14.3. The van der Waals surface area contributed by atoms with Gasteiger partial charge < -0.3 is 14.1 Å². The summed E-state index contributed by atoms with van der Waals surface area (Å²) in [5.41, 5.74) is 2.34. The highest BCUT2D eigenvalue weighted by atomic mass is 16.3. The number of carbonyl (C=O) groups excluding carboxylic acids is 1. The molecule has 6 nitrogen and oxygen atoms in total. The van der Waals surface area contributed by atoms with E-state index in [-0.39, 0.29) is 5.91 Å². The average molecular weight is 338 g/mol. The van der Waals surface area contributed by atoms with Crippen molar-refractivity contribution in [3.05, 3.63) is 59.9 Å². The first-order chi connectivity index (χ1) is 12.2. The maximum absolute atomic E-state index is 12.4. The molecule has 130 valence electrons. The first-order valence-corrected chi connectivity index (χ1v) is 8.67. The number of aryl methyl sites for hydroxylation is 1. The molecule has 6 heteroatoms. The summed E-state index contributed by atoms with van der Waals surface area (Å²) in [4.78, 5) is 19.2. The van der Waals surface area contributed by atoms with Gasteiger partial charge in [-0.05, 0) is 50.1 Å². The molecule has 0 aliphatic carbocycles. The van der Waals surface area contributed by atoms with Crippen LogP contribution in [0.15, 0.2) is 47.2 Å². The highest BCUT2D eigenvalue weighted by molar-refractivity contribution is 5.92. The second-order valence-electron chi connectivity index (χ2n) is 6.70. The first-order valence-electron chi connectivity index (χ1n) is 8.67. The number of hydrogen-bond acceptors (Lipinski definition) is 4. The van der Waals surface area contributed by atoms with Gasteiger partial charge in [-0.15, -0.1) is 0 Å². The van der Waals surface area contributed by atoms with Crippen LogP contribution < -0.4 is 5.32 Å². The van der Waals surface area contributed by atoms with Gasteiger partial charge in [0.05, 0.1) is 12.8 Å². The van der Waals surface area contributed by atoms with Crippen LogP contribution in [0.25, 0.3) is 5.65 Å². The predicted octanol–water partition coefficient (Wildman–Crippen LogP) is 2.49. The van der Waals surface area contributed by atoms with Crippen molar-refractivity contribution in [2.75, 3.05) is 19.6 Å². The van der Waals surface area contributed by atoms with Crippen LogP contribution in [0.3, 0.4) is 0 Å². The van der Waals surface area contributed by atoms with Gasteiger partial charge in [0.15, 0.2) is 0 Å². The number of rotatable bonds is 5. The van der Waals surface area contributed by atoms with Gasteiger partial charge in [0.25, 0.3) is 5.91 Å². The number of furan rings is 1. The summed E-state index contributed by atoms with van der Waals surface area (Å²) in [6, 6.07) is 9.78. The minimum atomic E-state index is -0.104. The Morgan fingerprint density at radius 3 is 3.08 bits per heavy atom. The number of hydrogen-bond donors (Lipinski definition) is 1. The lowest BCUT2D eigenvalue weighted by Gasteiger charge is -2.14. The van der Waals surface area contributed by atoms with Gasteiger partial charge in [0, 0.05) is 25.0 Å². The van der Waals surface area contributed by atoms with Gasteiger partial charge in [-0.25, -0.2) is 4.98 Å². The summed E-state index contributed by atoms with van der Waals surface area (Å²) in [6.07, 6.45) is 4.60. The Morgan fingerprint density at radius 2 is 2.28 bits per heavy atom. The molecular formula is C19H22N4O2. The Labute approximate surface area is 146 Å². The maximum Gasteiger partial charge on any atom is 0.271 e. The highest BCUT2D eigenvalue weighted by Crippen LogP contribution is 2.18. The van der Waals surface area contributed by atoms with E-state index < -0.39 is 0 Å². The molecule has 0 radical (unpaired) electrons. The SMILES string of the molecule is Cc1cccc2nc(C(=O)NC[C@@H]3CCN(Cc4ccco4)C3)cn12. The molecule has 1 aliphatic rings. The number of carbonyl (C=O) groups is 1. The van der Waals surface area contributed by atoms with Crippen molar-refractivity contribution in [3.8, 4) is 0 Å². The minimum Gasteiger partial charge on any atom is -0.468 e. The fraction of sp³-hybridized carbons (Fsp3) is 0.368. The van der Waals surface area contributed by atoms with E-state index in [4.69, 9.17) is 4.42 Å². The second-order valence-corrected chi connectivity index (χ2v) is 6.70. The van der Waals surface area contributed by atoms with Gasteiger partial charge >= 0.3 is 0 Å². The fourth-order valence-corrected chi connectivity index (χ4v) is 3.43. The molecule has 1 atom stereocenters. The van der Waals surface area contributed by atoms with Gasteiger partial charge in [-0.2, -0.15) is 0 Å². The van der Waals surface area contributed by atoms with Crippen molar-refractivity contribution in [2.24, 2.45) is 5.92 Å². The molecule has 1 saturated heterocycles. The van der Waals surface area contributed by atoms with Crippen molar-refractivity contribution in [1.82, 2.24) is 19.6 Å². The lowest BCUT2D eigenvalue weighted by molar-refractivity contribution is 0.0943. The molecule has 25 heavy (non-hydrogen) atoms. The largest absolute Gasteiger partial charge is 0.468 e. The minimum absolute atomic E-state index is 0.104. The zero-order chi connectivity index (χ0) is 17.2. The van der Waals surface area contributed by atoms with Gasteiger partial charge in [0.1, 0.15) is 17.1 Å². The molecule has 3 aromatic heterocycles. The number of aromatic nitrogens is 2. The lowest BCUT2D eigenvalue weighted by Crippen LogP contribution is -2.31. The number of imidazole rings is 1. The van der Waals surface area contributed by atoms with Crippen molar-refractivity contribution < 1.29 is 9.21 Å². The van der Waals surface area contributed by atoms with E-state index in [0.29, 0.717) is 18.2 Å². The van der Waals surface area contributed by atoms with Crippen LogP contribution in [0.2, 0.25) is 0 Å². The van der Waals surface area contributed by atoms with Gasteiger partial charge in [-0.3, -0.25) is 9.69 Å². The van der Waals surface area contributed by atoms with Crippen molar-refractivity contribution in [2.45, 2.75) is 19.9 Å². The Morgan fingerprint density at radius 1 is 1.36 bits per heavy atom. The molecule has 3 aromatic rings. The summed E-state index contributed by atoms with van der Waals surface area (Å²) in [7, 11) is 0. The van der Waals surface area contributed by atoms with Crippen molar-refractivity contribution in [1.29, 1.82) is 0 Å². The fourth-order valence-electron chi connectivity index (χ4n) is 3.43. The van der Waals surface area contributed by atoms with Crippen LogP contribution >= 0.6 is 0 Å². The molecule has 4 heterocycles. The van der Waals surface area contributed by atoms with E-state index in [1.54, 1.807) is 12.5 Å². The number of fused-ring (bicyclic) bond motifs is 1. The number of nitrogens with one attached hydrogen (secondary N) is 1. The van der Waals surface area contributed by atoms with Crippen LogP contribution in [0.5, 0.6) is 0 Å². The van der Waals surface area contributed by atoms with E-state index in [2.05, 4.69) is 15.2 Å². The first kappa shape index (κ1) is 15.9. The average Bonchev–Trinajstić information content (AvgIpc) is 3.34. The van der Waals surface area contributed by atoms with Crippen molar-refractivity contribution in [3.63, 3.8) is 0 Å². The Hall–Kier alpha value is -2.60. The molecule has 0 saturated carbocycles. The molecule has 1 fully saturated rings. The van der Waals surface area contributed by atoms with Crippen LogP contribution in [-0.2, 0) is 6.54 Å². The zero-order valence-electron chi connectivity index (χ0n) is 14.3. The number of amides is 1. The maximum atomic E-state index is 12.4. The summed E-state index contributed by atoms with van der Waals surface area (Å²) in [5.74, 6) is 1.36. The smallest absolute Gasteiger partial charge is 0.271 e. The molecular weight excluding hydrogens is 316 g/mol. The van der Waals surface area contributed by atoms with Crippen LogP contribution in [0.1, 0.15) is 28.4 Å². The molecule has 0 bridgehead atoms. The summed E-state index contributed by atoms with van der Waals surface area (Å²) in [5, 5.41) is 3.04. The predicted molar refractivity (Wildman–Crippen MR) is 94.4 cm³/mol. The third-order valence-corrected chi connectivity index (χ3v) is 4.81. The van der Waals surface area contributed by atoms with E-state index >= 15 is 0 Å². The molecule has 1 aliphatic heterocycles. The van der Waals surface area contributed by atoms with Crippen LogP contribution in [-0.4, -0.2) is 39.8 Å². The molecule has 0 spiro atoms. The Kier molecular flexibility index (Phi) is 4.28. The molecule has 0 aromatic carbocycles. The number of nitrogens with zero attached hydrogens (tertiary/aromatic N) is 3. The summed E-state index contributed by atoms with van der Waals surface area (Å²) >= 11 is 0. The monoisotopic (exact) mass is 338 g/mol. The van der Waals surface area contributed by atoms with Gasteiger partial charge in [0.2, 0.25) is 0 Å². The quantitative estimate of drug-likeness (QED) is 0.776. The molecule has 0 unspecified atom stereocenters. The van der Waals surface area contributed by atoms with Crippen LogP contribution in [0, 0.1) is 12.8 Å². The lowest BCUT2D eigenvalue weighted by atomic mass is 10.1. The van der Waals surface area contributed by atoms with Crippen LogP contribution in [0.4, 0.5) is 0 Å². The Bertz CT molecular complexity index is 869. The topological polar surface area (TPSA) is 62.8 Å². The third kappa shape index (κ3) is 3.44. The van der Waals surface area contributed by atoms with E-state index in [1.807, 2.05) is 41.7 Å². The third-order valence-electron chi connectivity index (χ3n) is 4.81. The number of pyridine rings is 1. The van der Waals surface area contributed by atoms with Crippen molar-refractivity contribution >= 4 is 11.6 Å². The van der Waals surface area contributed by atoms with E-state index in [1.165, 1.54) is 0 Å². The standard InChI is InChI=1S/C19H22N4O2/c1-14-4-2-6-18-21-17(13-23(14)18)19(24)20-10-15-7-8-22(11-15)12-16-5-3-9-25-16/h2-6,9,13,15H,7-8,10-12H2,1H3,(H,20,24)/t15-/m0/s1. The highest BCUT2D eigenvalue weighted by Gasteiger charge is 2.24. The molecule has 1 N–H and O–H groups in total. The van der Waals surface area contributed by atoms with Gasteiger partial charge in [-0.1, -0.05) is 6.07 Å². The molecule has 1 amide bonds. The van der Waals surface area contributed by atoms with E-state index in [0.717, 1.165) is 43.2 Å². The summed E-state index contributed by atoms with van der Waals surface area (Å²) in [6.45, 7) is 5.53.